The van der Waals surface area contributed by atoms with Gasteiger partial charge in [0.1, 0.15) is 16.9 Å². The third kappa shape index (κ3) is 1.10. The maximum Gasteiger partial charge on any atom is 0.339 e. The van der Waals surface area contributed by atoms with Crippen LogP contribution >= 0.6 is 11.6 Å². The SMILES string of the molecule is Nc1ccc(Cl)c2c(C(=O)O)cnn12. The van der Waals surface area contributed by atoms with Crippen LogP contribution in [0.3, 0.4) is 0 Å². The predicted octanol–water partition coefficient (Wildman–Crippen LogP) is 1.27. The Morgan fingerprint density at radius 1 is 1.57 bits per heavy atom. The molecule has 0 amide bonds. The molecule has 0 aliphatic carbocycles. The van der Waals surface area contributed by atoms with Crippen molar-refractivity contribution in [3.8, 4) is 0 Å². The zero-order valence-electron chi connectivity index (χ0n) is 6.94. The molecule has 2 heterocycles. The monoisotopic (exact) mass is 211 g/mol. The van der Waals surface area contributed by atoms with Crippen LogP contribution in [0.15, 0.2) is 18.3 Å². The first kappa shape index (κ1) is 8.83. The van der Waals surface area contributed by atoms with Crippen molar-refractivity contribution in [2.75, 3.05) is 5.73 Å². The smallest absolute Gasteiger partial charge is 0.339 e. The molecule has 0 unspecified atom stereocenters. The fraction of sp³-hybridized carbons (Fsp3) is 0. The molecule has 2 aromatic rings. The van der Waals surface area contributed by atoms with E-state index in [-0.39, 0.29) is 5.56 Å². The first-order valence-corrected chi connectivity index (χ1v) is 4.14. The van der Waals surface area contributed by atoms with Gasteiger partial charge in [-0.1, -0.05) is 11.6 Å². The fourth-order valence-electron chi connectivity index (χ4n) is 1.24. The van der Waals surface area contributed by atoms with Crippen molar-refractivity contribution in [1.82, 2.24) is 9.61 Å². The molecule has 72 valence electrons. The van der Waals surface area contributed by atoms with Crippen molar-refractivity contribution in [3.63, 3.8) is 0 Å². The first-order valence-electron chi connectivity index (χ1n) is 3.76. The van der Waals surface area contributed by atoms with Crippen LogP contribution < -0.4 is 5.73 Å². The number of nitrogen functional groups attached to an aromatic ring is 1. The number of aromatic carboxylic acids is 1. The summed E-state index contributed by atoms with van der Waals surface area (Å²) in [7, 11) is 0. The van der Waals surface area contributed by atoms with Crippen LogP contribution in [0.2, 0.25) is 5.02 Å². The molecule has 0 atom stereocenters. The average Bonchev–Trinajstić information content (AvgIpc) is 2.56. The minimum atomic E-state index is -1.08. The lowest BCUT2D eigenvalue weighted by Gasteiger charge is -2.00. The van der Waals surface area contributed by atoms with Crippen LogP contribution in [0.25, 0.3) is 5.52 Å². The molecular formula is C8H6ClN3O2. The summed E-state index contributed by atoms with van der Waals surface area (Å²) in [5.41, 5.74) is 5.95. The van der Waals surface area contributed by atoms with Gasteiger partial charge in [-0.15, -0.1) is 0 Å². The normalized spacial score (nSPS) is 10.6. The molecule has 0 radical (unpaired) electrons. The van der Waals surface area contributed by atoms with E-state index < -0.39 is 5.97 Å². The van der Waals surface area contributed by atoms with Crippen molar-refractivity contribution in [3.05, 3.63) is 28.9 Å². The van der Waals surface area contributed by atoms with Crippen LogP contribution in [0.1, 0.15) is 10.4 Å². The Morgan fingerprint density at radius 3 is 2.93 bits per heavy atom. The molecule has 0 spiro atoms. The Bertz CT molecular complexity index is 521. The van der Waals surface area contributed by atoms with Gasteiger partial charge in [0.2, 0.25) is 0 Å². The van der Waals surface area contributed by atoms with Crippen LogP contribution in [0, 0.1) is 0 Å². The minimum Gasteiger partial charge on any atom is -0.478 e. The van der Waals surface area contributed by atoms with Gasteiger partial charge >= 0.3 is 5.97 Å². The number of carbonyl (C=O) groups is 1. The van der Waals surface area contributed by atoms with E-state index in [0.29, 0.717) is 16.4 Å². The number of carboxylic acid groups (broad SMARTS) is 1. The van der Waals surface area contributed by atoms with Crippen molar-refractivity contribution >= 4 is 28.9 Å². The van der Waals surface area contributed by atoms with E-state index in [1.807, 2.05) is 0 Å². The summed E-state index contributed by atoms with van der Waals surface area (Å²) in [5, 5.41) is 13.0. The Kier molecular flexibility index (Phi) is 1.82. The van der Waals surface area contributed by atoms with Gasteiger partial charge in [-0.25, -0.2) is 9.31 Å². The Hall–Kier alpha value is -1.75. The number of hydrogen-bond acceptors (Lipinski definition) is 3. The number of aromatic nitrogens is 2. The number of nitrogens with zero attached hydrogens (tertiary/aromatic N) is 2. The highest BCUT2D eigenvalue weighted by atomic mass is 35.5. The topological polar surface area (TPSA) is 80.6 Å². The van der Waals surface area contributed by atoms with Gasteiger partial charge in [-0.3, -0.25) is 0 Å². The number of pyridine rings is 1. The van der Waals surface area contributed by atoms with Crippen LogP contribution in [-0.2, 0) is 0 Å². The summed E-state index contributed by atoms with van der Waals surface area (Å²) in [6.45, 7) is 0. The van der Waals surface area contributed by atoms with E-state index in [2.05, 4.69) is 5.10 Å². The van der Waals surface area contributed by atoms with Gasteiger partial charge in [-0.05, 0) is 12.1 Å². The van der Waals surface area contributed by atoms with Crippen molar-refractivity contribution in [2.45, 2.75) is 0 Å². The third-order valence-electron chi connectivity index (χ3n) is 1.87. The third-order valence-corrected chi connectivity index (χ3v) is 2.18. The molecule has 0 saturated carbocycles. The molecule has 3 N–H and O–H groups in total. The van der Waals surface area contributed by atoms with Crippen molar-refractivity contribution in [2.24, 2.45) is 0 Å². The standard InChI is InChI=1S/C8H6ClN3O2/c9-5-1-2-6(10)12-7(5)4(3-11-12)8(13)14/h1-3H,10H2,(H,13,14). The summed E-state index contributed by atoms with van der Waals surface area (Å²) in [6.07, 6.45) is 1.22. The quantitative estimate of drug-likeness (QED) is 0.744. The largest absolute Gasteiger partial charge is 0.478 e. The highest BCUT2D eigenvalue weighted by molar-refractivity contribution is 6.34. The molecule has 0 fully saturated rings. The summed E-state index contributed by atoms with van der Waals surface area (Å²) in [5.74, 6) is -0.732. The summed E-state index contributed by atoms with van der Waals surface area (Å²) in [6, 6.07) is 3.11. The lowest BCUT2D eigenvalue weighted by Crippen LogP contribution is -2.00. The highest BCUT2D eigenvalue weighted by Gasteiger charge is 2.14. The molecule has 0 bridgehead atoms. The minimum absolute atomic E-state index is 0.0438. The second kappa shape index (κ2) is 2.88. The molecule has 6 heteroatoms. The number of nitrogens with two attached hydrogens (primary N) is 1. The molecule has 0 saturated heterocycles. The molecule has 2 aromatic heterocycles. The van der Waals surface area contributed by atoms with Crippen molar-refractivity contribution < 1.29 is 9.90 Å². The zero-order chi connectivity index (χ0) is 10.3. The predicted molar refractivity (Wildman–Crippen MR) is 51.6 cm³/mol. The Labute approximate surface area is 83.7 Å². The Balaban J connectivity index is 2.90. The van der Waals surface area contributed by atoms with Gasteiger partial charge in [0.05, 0.1) is 11.2 Å². The number of anilines is 1. The second-order valence-corrected chi connectivity index (χ2v) is 3.14. The number of rotatable bonds is 1. The van der Waals surface area contributed by atoms with Gasteiger partial charge in [0.15, 0.2) is 0 Å². The number of halogens is 1. The molecule has 5 nitrogen and oxygen atoms in total. The molecule has 2 rings (SSSR count). The maximum atomic E-state index is 10.8. The maximum absolute atomic E-state index is 10.8. The summed E-state index contributed by atoms with van der Waals surface area (Å²) in [4.78, 5) is 10.8. The zero-order valence-corrected chi connectivity index (χ0v) is 7.69. The number of hydrogen-bond donors (Lipinski definition) is 2. The van der Waals surface area contributed by atoms with E-state index in [9.17, 15) is 4.79 Å². The van der Waals surface area contributed by atoms with Crippen LogP contribution in [0.4, 0.5) is 5.82 Å². The van der Waals surface area contributed by atoms with Gasteiger partial charge in [-0.2, -0.15) is 5.10 Å². The molecule has 14 heavy (non-hydrogen) atoms. The molecule has 0 aliphatic heterocycles. The lowest BCUT2D eigenvalue weighted by molar-refractivity contribution is 0.0699. The van der Waals surface area contributed by atoms with Crippen LogP contribution in [0.5, 0.6) is 0 Å². The highest BCUT2D eigenvalue weighted by Crippen LogP contribution is 2.23. The van der Waals surface area contributed by atoms with E-state index in [4.69, 9.17) is 22.4 Å². The van der Waals surface area contributed by atoms with E-state index in [0.717, 1.165) is 0 Å². The van der Waals surface area contributed by atoms with Crippen molar-refractivity contribution in [1.29, 1.82) is 0 Å². The first-order chi connectivity index (χ1) is 6.61. The van der Waals surface area contributed by atoms with E-state index in [1.54, 1.807) is 12.1 Å². The Morgan fingerprint density at radius 2 is 2.29 bits per heavy atom. The van der Waals surface area contributed by atoms with Crippen LogP contribution in [-0.4, -0.2) is 20.7 Å². The summed E-state index contributed by atoms with van der Waals surface area (Å²) >= 11 is 5.84. The average molecular weight is 212 g/mol. The van der Waals surface area contributed by atoms with E-state index in [1.165, 1.54) is 10.7 Å². The van der Waals surface area contributed by atoms with Gasteiger partial charge in [0, 0.05) is 0 Å². The summed E-state index contributed by atoms with van der Waals surface area (Å²) < 4.78 is 1.30. The van der Waals surface area contributed by atoms with Gasteiger partial charge in [0.25, 0.3) is 0 Å². The number of carboxylic acids is 1. The molecule has 0 aromatic carbocycles. The second-order valence-electron chi connectivity index (χ2n) is 2.73. The van der Waals surface area contributed by atoms with Gasteiger partial charge < -0.3 is 10.8 Å². The lowest BCUT2D eigenvalue weighted by atomic mass is 10.2. The number of fused-ring (bicyclic) bond motifs is 1. The fourth-order valence-corrected chi connectivity index (χ4v) is 1.48. The molecular weight excluding hydrogens is 206 g/mol. The van der Waals surface area contributed by atoms with E-state index >= 15 is 0 Å². The molecule has 0 aliphatic rings.